The molecule has 3 aliphatic rings. The van der Waals surface area contributed by atoms with Gasteiger partial charge in [-0.15, -0.1) is 0 Å². The molecule has 194 valence electrons. The highest BCUT2D eigenvalue weighted by Gasteiger charge is 2.81. The third-order valence-corrected chi connectivity index (χ3v) is 7.58. The van der Waals surface area contributed by atoms with Crippen molar-refractivity contribution in [1.82, 2.24) is 0 Å². The Morgan fingerprint density at radius 2 is 1.44 bits per heavy atom. The van der Waals surface area contributed by atoms with Crippen LogP contribution in [0, 0.1) is 11.3 Å². The summed E-state index contributed by atoms with van der Waals surface area (Å²) >= 11 is 0. The van der Waals surface area contributed by atoms with E-state index in [0.29, 0.717) is 0 Å². The van der Waals surface area contributed by atoms with Gasteiger partial charge in [0, 0.05) is 29.1 Å². The molecule has 5 N–H and O–H groups in total. The molecule has 8 nitrogen and oxygen atoms in total. The average molecular weight is 499 g/mol. The van der Waals surface area contributed by atoms with Crippen LogP contribution in [0.3, 0.4) is 0 Å². The number of carbonyl (C=O) groups is 2. The lowest BCUT2D eigenvalue weighted by Crippen LogP contribution is -2.68. The Kier molecular flexibility index (Phi) is 6.87. The Labute approximate surface area is 210 Å². The summed E-state index contributed by atoms with van der Waals surface area (Å²) in [5.41, 5.74) is -6.64. The van der Waals surface area contributed by atoms with Gasteiger partial charge in [0.1, 0.15) is 28.5 Å². The molecule has 5 atom stereocenters. The van der Waals surface area contributed by atoms with Crippen LogP contribution in [0.2, 0.25) is 0 Å². The molecule has 0 amide bonds. The zero-order chi connectivity index (χ0) is 27.3. The highest BCUT2D eigenvalue weighted by Crippen LogP contribution is 2.67. The number of rotatable bonds is 4. The number of aliphatic hydroxyl groups is 5. The summed E-state index contributed by atoms with van der Waals surface area (Å²) in [4.78, 5) is 27.5. The molecule has 5 unspecified atom stereocenters. The minimum absolute atomic E-state index is 0.124. The van der Waals surface area contributed by atoms with Crippen molar-refractivity contribution in [3.63, 3.8) is 0 Å². The fourth-order valence-electron chi connectivity index (χ4n) is 5.77. The van der Waals surface area contributed by atoms with E-state index in [4.69, 9.17) is 4.74 Å². The molecule has 1 saturated heterocycles. The second-order valence-electron chi connectivity index (χ2n) is 10.0. The smallest absolute Gasteiger partial charge is 0.209 e. The van der Waals surface area contributed by atoms with Crippen LogP contribution in [0.1, 0.15) is 48.0 Å². The van der Waals surface area contributed by atoms with E-state index in [-0.39, 0.29) is 16.7 Å². The SMILES string of the molecule is CC=CC=CC(O)=C1CC(C)(O)C2(O)OC3(C)C(=O)C(C)=C(O)C(=C(O)C=CC=CC)C3C2(C)C1=O. The summed E-state index contributed by atoms with van der Waals surface area (Å²) in [6, 6.07) is 0. The van der Waals surface area contributed by atoms with Gasteiger partial charge in [0.05, 0.1) is 5.41 Å². The molecule has 0 aromatic heterocycles. The predicted molar refractivity (Wildman–Crippen MR) is 134 cm³/mol. The molecule has 0 radical (unpaired) electrons. The maximum Gasteiger partial charge on any atom is 0.209 e. The molecule has 36 heavy (non-hydrogen) atoms. The Hall–Kier alpha value is -3.20. The fraction of sp³-hybridized carbons (Fsp3) is 0.429. The van der Waals surface area contributed by atoms with Gasteiger partial charge in [-0.3, -0.25) is 9.59 Å². The Balaban J connectivity index is 2.41. The summed E-state index contributed by atoms with van der Waals surface area (Å²) in [5.74, 6) is -6.90. The summed E-state index contributed by atoms with van der Waals surface area (Å²) < 4.78 is 5.97. The zero-order valence-corrected chi connectivity index (χ0v) is 21.4. The Morgan fingerprint density at radius 3 is 1.97 bits per heavy atom. The highest BCUT2D eigenvalue weighted by atomic mass is 16.7. The van der Waals surface area contributed by atoms with E-state index >= 15 is 0 Å². The number of hydrogen-bond acceptors (Lipinski definition) is 8. The molecule has 2 fully saturated rings. The number of aliphatic hydroxyl groups excluding tert-OH is 3. The first-order chi connectivity index (χ1) is 16.7. The topological polar surface area (TPSA) is 145 Å². The second-order valence-corrected chi connectivity index (χ2v) is 10.0. The van der Waals surface area contributed by atoms with Gasteiger partial charge in [0.25, 0.3) is 0 Å². The van der Waals surface area contributed by atoms with Crippen LogP contribution in [0.25, 0.3) is 0 Å². The molecule has 1 saturated carbocycles. The van der Waals surface area contributed by atoms with Crippen LogP contribution in [0.5, 0.6) is 0 Å². The first-order valence-corrected chi connectivity index (χ1v) is 11.7. The van der Waals surface area contributed by atoms with Gasteiger partial charge in [-0.25, -0.2) is 0 Å². The number of fused-ring (bicyclic) bond motifs is 3. The molecule has 8 heteroatoms. The Morgan fingerprint density at radius 1 is 0.917 bits per heavy atom. The van der Waals surface area contributed by atoms with Crippen molar-refractivity contribution in [2.45, 2.75) is 65.0 Å². The van der Waals surface area contributed by atoms with Crippen molar-refractivity contribution >= 4 is 11.6 Å². The van der Waals surface area contributed by atoms with Gasteiger partial charge >= 0.3 is 0 Å². The minimum Gasteiger partial charge on any atom is -0.508 e. The quantitative estimate of drug-likeness (QED) is 0.221. The maximum absolute atomic E-state index is 14.1. The van der Waals surface area contributed by atoms with E-state index < -0.39 is 63.6 Å². The molecule has 0 spiro atoms. The van der Waals surface area contributed by atoms with Gasteiger partial charge in [0.15, 0.2) is 11.6 Å². The van der Waals surface area contributed by atoms with Gasteiger partial charge in [-0.05, 0) is 53.7 Å². The molecule has 0 bridgehead atoms. The molecule has 0 aromatic rings. The van der Waals surface area contributed by atoms with Crippen LogP contribution in [0.4, 0.5) is 0 Å². The van der Waals surface area contributed by atoms with Crippen LogP contribution in [-0.2, 0) is 14.3 Å². The summed E-state index contributed by atoms with van der Waals surface area (Å²) in [6.45, 7) is 8.82. The molecule has 1 heterocycles. The normalized spacial score (nSPS) is 40.2. The molecular formula is C28H34O8. The van der Waals surface area contributed by atoms with Crippen LogP contribution < -0.4 is 0 Å². The van der Waals surface area contributed by atoms with Gasteiger partial charge in [-0.1, -0.05) is 36.5 Å². The van der Waals surface area contributed by atoms with Crippen LogP contribution in [0.15, 0.2) is 82.6 Å². The first kappa shape index (κ1) is 27.4. The molecular weight excluding hydrogens is 464 g/mol. The number of ketones is 2. The lowest BCUT2D eigenvalue weighted by molar-refractivity contribution is -0.326. The third kappa shape index (κ3) is 3.55. The second kappa shape index (κ2) is 9.03. The van der Waals surface area contributed by atoms with E-state index in [2.05, 4.69) is 0 Å². The lowest BCUT2D eigenvalue weighted by atomic mass is 9.52. The van der Waals surface area contributed by atoms with Crippen molar-refractivity contribution in [3.8, 4) is 0 Å². The molecule has 0 aromatic carbocycles. The van der Waals surface area contributed by atoms with Crippen molar-refractivity contribution in [3.05, 3.63) is 82.6 Å². The van der Waals surface area contributed by atoms with E-state index in [1.165, 1.54) is 52.0 Å². The van der Waals surface area contributed by atoms with Gasteiger partial charge in [-0.2, -0.15) is 0 Å². The summed E-state index contributed by atoms with van der Waals surface area (Å²) in [5, 5.41) is 56.1. The van der Waals surface area contributed by atoms with E-state index in [1.807, 2.05) is 0 Å². The van der Waals surface area contributed by atoms with Crippen molar-refractivity contribution < 1.29 is 39.9 Å². The summed E-state index contributed by atoms with van der Waals surface area (Å²) in [7, 11) is 0. The number of Topliss-reactive ketones (excluding diaryl/α,β-unsaturated/α-hetero) is 2. The van der Waals surface area contributed by atoms with Crippen LogP contribution >= 0.6 is 0 Å². The largest absolute Gasteiger partial charge is 0.508 e. The predicted octanol–water partition coefficient (Wildman–Crippen LogP) is 4.11. The highest BCUT2D eigenvalue weighted by molar-refractivity contribution is 6.09. The fourth-order valence-corrected chi connectivity index (χ4v) is 5.77. The van der Waals surface area contributed by atoms with Gasteiger partial charge < -0.3 is 30.3 Å². The maximum atomic E-state index is 14.1. The standard InChI is InChI=1S/C28H34O8/c1-7-9-11-13-18(29)17-15-25(4,34)28(35)26(5,24(17)33)22-20(19(30)14-12-10-8-2)21(31)16(3)23(32)27(22,6)36-28/h7-14,22,29-31,34-35H,15H2,1-6H3. The number of carbonyl (C=O) groups excluding carboxylic acids is 2. The number of hydrogen-bond donors (Lipinski definition) is 5. The van der Waals surface area contributed by atoms with Gasteiger partial charge in [0.2, 0.25) is 5.79 Å². The average Bonchev–Trinajstić information content (AvgIpc) is 3.01. The van der Waals surface area contributed by atoms with Crippen molar-refractivity contribution in [2.24, 2.45) is 11.3 Å². The Bertz CT molecular complexity index is 1210. The van der Waals surface area contributed by atoms with Crippen molar-refractivity contribution in [1.29, 1.82) is 0 Å². The zero-order valence-electron chi connectivity index (χ0n) is 21.4. The number of allylic oxidation sites excluding steroid dienone is 9. The van der Waals surface area contributed by atoms with E-state index in [0.717, 1.165) is 0 Å². The third-order valence-electron chi connectivity index (χ3n) is 7.58. The minimum atomic E-state index is -2.60. The van der Waals surface area contributed by atoms with E-state index in [9.17, 15) is 35.1 Å². The first-order valence-electron chi connectivity index (χ1n) is 11.7. The monoisotopic (exact) mass is 498 g/mol. The van der Waals surface area contributed by atoms with E-state index in [1.54, 1.807) is 38.2 Å². The molecule has 2 aliphatic carbocycles. The molecule has 3 rings (SSSR count). The number of ether oxygens (including phenoxy) is 1. The summed E-state index contributed by atoms with van der Waals surface area (Å²) in [6.07, 6.45) is 11.8. The lowest BCUT2D eigenvalue weighted by Gasteiger charge is -2.51. The molecule has 1 aliphatic heterocycles. The van der Waals surface area contributed by atoms with Crippen molar-refractivity contribution in [2.75, 3.05) is 0 Å². The van der Waals surface area contributed by atoms with Crippen LogP contribution in [-0.4, -0.2) is 54.1 Å².